The van der Waals surface area contributed by atoms with Crippen LogP contribution in [0.2, 0.25) is 0 Å². The zero-order valence-electron chi connectivity index (χ0n) is 17.1. The molecule has 6 nitrogen and oxygen atoms in total. The van der Waals surface area contributed by atoms with E-state index in [0.717, 1.165) is 18.5 Å². The molecule has 0 spiro atoms. The van der Waals surface area contributed by atoms with E-state index in [2.05, 4.69) is 22.2 Å². The highest BCUT2D eigenvalue weighted by atomic mass is 16.5. The fourth-order valence-electron chi connectivity index (χ4n) is 3.17. The van der Waals surface area contributed by atoms with Crippen LogP contribution in [0.1, 0.15) is 89.7 Å². The maximum Gasteiger partial charge on any atom is 0.328 e. The number of rotatable bonds is 16. The number of unbranched alkanes of at least 4 members (excludes halogenated alkanes) is 10. The lowest BCUT2D eigenvalue weighted by Crippen LogP contribution is -2.43. The Balaban J connectivity index is 2.08. The van der Waals surface area contributed by atoms with Gasteiger partial charge in [0.05, 0.1) is 13.4 Å². The summed E-state index contributed by atoms with van der Waals surface area (Å²) in [6.45, 7) is 2.25. The summed E-state index contributed by atoms with van der Waals surface area (Å²) in [5.41, 5.74) is 0.792. The molecule has 0 saturated carbocycles. The van der Waals surface area contributed by atoms with Gasteiger partial charge in [0.2, 0.25) is 5.91 Å². The second-order valence-corrected chi connectivity index (χ2v) is 7.21. The smallest absolute Gasteiger partial charge is 0.328 e. The predicted octanol–water partition coefficient (Wildman–Crippen LogP) is 4.31. The normalized spacial score (nSPS) is 11.9. The number of amides is 1. The molecule has 1 aromatic heterocycles. The van der Waals surface area contributed by atoms with Crippen LogP contribution >= 0.6 is 0 Å². The number of nitrogens with zero attached hydrogens (tertiary/aromatic N) is 1. The third-order valence-corrected chi connectivity index (χ3v) is 4.81. The molecule has 0 bridgehead atoms. The van der Waals surface area contributed by atoms with E-state index >= 15 is 0 Å². The zero-order chi connectivity index (χ0) is 19.7. The fourth-order valence-corrected chi connectivity index (χ4v) is 3.17. The van der Waals surface area contributed by atoms with Gasteiger partial charge in [-0.2, -0.15) is 0 Å². The lowest BCUT2D eigenvalue weighted by molar-refractivity contribution is -0.145. The van der Waals surface area contributed by atoms with Gasteiger partial charge in [-0.25, -0.2) is 9.78 Å². The summed E-state index contributed by atoms with van der Waals surface area (Å²) >= 11 is 0. The number of methoxy groups -OCH3 is 1. The van der Waals surface area contributed by atoms with Crippen molar-refractivity contribution in [2.75, 3.05) is 7.11 Å². The third kappa shape index (κ3) is 11.5. The summed E-state index contributed by atoms with van der Waals surface area (Å²) in [5.74, 6) is -0.530. The first-order chi connectivity index (χ1) is 13.2. The molecular weight excluding hydrogens is 342 g/mol. The van der Waals surface area contributed by atoms with Crippen molar-refractivity contribution < 1.29 is 14.3 Å². The van der Waals surface area contributed by atoms with Gasteiger partial charge in [0, 0.05) is 24.7 Å². The van der Waals surface area contributed by atoms with Gasteiger partial charge in [-0.15, -0.1) is 0 Å². The summed E-state index contributed by atoms with van der Waals surface area (Å²) < 4.78 is 4.79. The molecule has 0 aliphatic heterocycles. The highest BCUT2D eigenvalue weighted by Crippen LogP contribution is 2.12. The Morgan fingerprint density at radius 2 is 1.63 bits per heavy atom. The summed E-state index contributed by atoms with van der Waals surface area (Å²) in [5, 5.41) is 2.78. The molecular formula is C21H37N3O3. The lowest BCUT2D eigenvalue weighted by Gasteiger charge is -2.15. The molecule has 1 heterocycles. The van der Waals surface area contributed by atoms with Crippen molar-refractivity contribution in [3.63, 3.8) is 0 Å². The Labute approximate surface area is 163 Å². The number of aromatic nitrogens is 2. The summed E-state index contributed by atoms with van der Waals surface area (Å²) in [7, 11) is 1.33. The number of hydrogen-bond donors (Lipinski definition) is 2. The Bertz CT molecular complexity index is 503. The van der Waals surface area contributed by atoms with E-state index in [1.165, 1.54) is 64.9 Å². The number of aromatic amines is 1. The van der Waals surface area contributed by atoms with Crippen LogP contribution in [0.25, 0.3) is 0 Å². The summed E-state index contributed by atoms with van der Waals surface area (Å²) in [6, 6.07) is -0.671. The molecule has 0 fully saturated rings. The molecule has 154 valence electrons. The highest BCUT2D eigenvalue weighted by Gasteiger charge is 2.22. The van der Waals surface area contributed by atoms with Gasteiger partial charge in [0.1, 0.15) is 6.04 Å². The molecule has 0 aliphatic rings. The number of esters is 1. The van der Waals surface area contributed by atoms with Gasteiger partial charge in [0.25, 0.3) is 0 Å². The molecule has 1 rings (SSSR count). The van der Waals surface area contributed by atoms with Crippen LogP contribution < -0.4 is 5.32 Å². The monoisotopic (exact) mass is 379 g/mol. The minimum absolute atomic E-state index is 0.0964. The first kappa shape index (κ1) is 23.2. The van der Waals surface area contributed by atoms with E-state index in [1.54, 1.807) is 12.5 Å². The van der Waals surface area contributed by atoms with Gasteiger partial charge in [0.15, 0.2) is 0 Å². The van der Waals surface area contributed by atoms with Crippen LogP contribution in [0.4, 0.5) is 0 Å². The average Bonchev–Trinajstić information content (AvgIpc) is 3.18. The van der Waals surface area contributed by atoms with Crippen LogP contribution in [0.5, 0.6) is 0 Å². The molecule has 1 amide bonds. The molecule has 0 aromatic carbocycles. The van der Waals surface area contributed by atoms with Crippen molar-refractivity contribution in [2.24, 2.45) is 0 Å². The van der Waals surface area contributed by atoms with E-state index < -0.39 is 12.0 Å². The van der Waals surface area contributed by atoms with Crippen LogP contribution in [0.3, 0.4) is 0 Å². The molecule has 6 heteroatoms. The van der Waals surface area contributed by atoms with Crippen LogP contribution in [0.15, 0.2) is 12.5 Å². The van der Waals surface area contributed by atoms with Gasteiger partial charge in [-0.3, -0.25) is 4.79 Å². The van der Waals surface area contributed by atoms with Crippen LogP contribution in [-0.4, -0.2) is 35.0 Å². The third-order valence-electron chi connectivity index (χ3n) is 4.81. The van der Waals surface area contributed by atoms with Crippen LogP contribution in [0, 0.1) is 0 Å². The first-order valence-corrected chi connectivity index (χ1v) is 10.5. The summed E-state index contributed by atoms with van der Waals surface area (Å²) in [6.07, 6.45) is 17.8. The van der Waals surface area contributed by atoms with Crippen molar-refractivity contribution >= 4 is 11.9 Å². The quantitative estimate of drug-likeness (QED) is 0.331. The molecule has 2 N–H and O–H groups in total. The number of imidazole rings is 1. The Morgan fingerprint density at radius 3 is 2.15 bits per heavy atom. The van der Waals surface area contributed by atoms with E-state index in [0.29, 0.717) is 12.8 Å². The number of nitrogens with one attached hydrogen (secondary N) is 2. The Hall–Kier alpha value is -1.85. The van der Waals surface area contributed by atoms with E-state index in [-0.39, 0.29) is 5.91 Å². The maximum atomic E-state index is 12.1. The van der Waals surface area contributed by atoms with Crippen molar-refractivity contribution in [1.29, 1.82) is 0 Å². The van der Waals surface area contributed by atoms with Gasteiger partial charge in [-0.05, 0) is 6.42 Å². The minimum Gasteiger partial charge on any atom is -0.467 e. The molecule has 0 radical (unpaired) electrons. The second kappa shape index (κ2) is 15.2. The Morgan fingerprint density at radius 1 is 1.04 bits per heavy atom. The molecule has 27 heavy (non-hydrogen) atoms. The SMILES string of the molecule is CCCCCCCCCCCCCC(=O)N[C@@H](Cc1cnc[nH]1)C(=O)OC. The number of ether oxygens (including phenoxy) is 1. The standard InChI is InChI=1S/C21H37N3O3/c1-3-4-5-6-7-8-9-10-11-12-13-14-20(25)24-19(21(26)27-2)15-18-16-22-17-23-18/h16-17,19H,3-15H2,1-2H3,(H,22,23)(H,24,25)/t19-/m0/s1. The second-order valence-electron chi connectivity index (χ2n) is 7.21. The topological polar surface area (TPSA) is 84.1 Å². The molecule has 1 aromatic rings. The van der Waals surface area contributed by atoms with Crippen molar-refractivity contribution in [1.82, 2.24) is 15.3 Å². The number of carbonyl (C=O) groups excluding carboxylic acids is 2. The number of hydrogen-bond acceptors (Lipinski definition) is 4. The Kier molecular flexibility index (Phi) is 13.1. The fraction of sp³-hybridized carbons (Fsp3) is 0.762. The molecule has 0 aliphatic carbocycles. The molecule has 1 atom stereocenters. The maximum absolute atomic E-state index is 12.1. The molecule has 0 unspecified atom stereocenters. The largest absolute Gasteiger partial charge is 0.467 e. The minimum atomic E-state index is -0.671. The number of carbonyl (C=O) groups is 2. The van der Waals surface area contributed by atoms with Crippen molar-refractivity contribution in [3.8, 4) is 0 Å². The lowest BCUT2D eigenvalue weighted by atomic mass is 10.0. The summed E-state index contributed by atoms with van der Waals surface area (Å²) in [4.78, 5) is 30.8. The van der Waals surface area contributed by atoms with E-state index in [4.69, 9.17) is 4.74 Å². The zero-order valence-corrected chi connectivity index (χ0v) is 17.1. The van der Waals surface area contributed by atoms with Gasteiger partial charge in [-0.1, -0.05) is 71.1 Å². The van der Waals surface area contributed by atoms with E-state index in [1.807, 2.05) is 0 Å². The predicted molar refractivity (Wildman–Crippen MR) is 107 cm³/mol. The number of H-pyrrole nitrogens is 1. The van der Waals surface area contributed by atoms with Crippen molar-refractivity contribution in [3.05, 3.63) is 18.2 Å². The van der Waals surface area contributed by atoms with Gasteiger partial charge < -0.3 is 15.0 Å². The van der Waals surface area contributed by atoms with Gasteiger partial charge >= 0.3 is 5.97 Å². The first-order valence-electron chi connectivity index (χ1n) is 10.5. The van der Waals surface area contributed by atoms with Crippen molar-refractivity contribution in [2.45, 2.75) is 96.4 Å². The highest BCUT2D eigenvalue weighted by molar-refractivity contribution is 5.84. The molecule has 0 saturated heterocycles. The van der Waals surface area contributed by atoms with E-state index in [9.17, 15) is 9.59 Å². The van der Waals surface area contributed by atoms with Crippen LogP contribution in [-0.2, 0) is 20.7 Å². The average molecular weight is 380 g/mol.